The summed E-state index contributed by atoms with van der Waals surface area (Å²) in [6.07, 6.45) is 8.27. The second-order valence-corrected chi connectivity index (χ2v) is 8.03. The van der Waals surface area contributed by atoms with Crippen LogP contribution >= 0.6 is 0 Å². The van der Waals surface area contributed by atoms with E-state index in [0.717, 1.165) is 29.4 Å². The lowest BCUT2D eigenvalue weighted by atomic mass is 9.45. The molecular formula is C16H26N4. The summed E-state index contributed by atoms with van der Waals surface area (Å²) in [7, 11) is 2.05. The fraction of sp³-hybridized carbons (Fsp3) is 0.875. The largest absolute Gasteiger partial charge is 0.319 e. The zero-order chi connectivity index (χ0) is 14.1. The van der Waals surface area contributed by atoms with Crippen molar-refractivity contribution in [2.45, 2.75) is 57.9 Å². The first-order valence-electron chi connectivity index (χ1n) is 8.07. The Morgan fingerprint density at radius 1 is 1.10 bits per heavy atom. The highest BCUT2D eigenvalue weighted by Gasteiger charge is 2.59. The van der Waals surface area contributed by atoms with E-state index in [4.69, 9.17) is 5.73 Å². The Bertz CT molecular complexity index is 507. The lowest BCUT2D eigenvalue weighted by molar-refractivity contribution is -0.0981. The van der Waals surface area contributed by atoms with Gasteiger partial charge in [0, 0.05) is 7.05 Å². The second kappa shape index (κ2) is 3.85. The third kappa shape index (κ3) is 1.51. The van der Waals surface area contributed by atoms with Gasteiger partial charge in [-0.2, -0.15) is 0 Å². The van der Waals surface area contributed by atoms with Gasteiger partial charge in [0.2, 0.25) is 0 Å². The molecule has 0 spiro atoms. The topological polar surface area (TPSA) is 56.7 Å². The average Bonchev–Trinajstić information content (AvgIpc) is 2.68. The molecule has 4 fully saturated rings. The number of rotatable bonds is 2. The molecule has 1 unspecified atom stereocenters. The van der Waals surface area contributed by atoms with Crippen LogP contribution in [0.25, 0.3) is 0 Å². The second-order valence-electron chi connectivity index (χ2n) is 8.03. The number of aryl methyl sites for hydroxylation is 1. The Morgan fingerprint density at radius 2 is 1.60 bits per heavy atom. The van der Waals surface area contributed by atoms with Gasteiger partial charge in [0.05, 0.1) is 5.54 Å². The Kier molecular flexibility index (Phi) is 2.46. The summed E-state index contributed by atoms with van der Waals surface area (Å²) in [6, 6.07) is 0. The lowest BCUT2D eigenvalue weighted by Crippen LogP contribution is -2.60. The summed E-state index contributed by atoms with van der Waals surface area (Å²) < 4.78 is 2.10. The molecule has 1 heterocycles. The normalized spacial score (nSPS) is 41.9. The number of hydrogen-bond donors (Lipinski definition) is 1. The van der Waals surface area contributed by atoms with Crippen LogP contribution in [0.15, 0.2) is 0 Å². The maximum Gasteiger partial charge on any atom is 0.153 e. The molecule has 4 bridgehead atoms. The molecule has 1 atom stereocenters. The van der Waals surface area contributed by atoms with Gasteiger partial charge in [0.1, 0.15) is 5.82 Å². The molecule has 0 amide bonds. The lowest BCUT2D eigenvalue weighted by Gasteiger charge is -2.61. The third-order valence-corrected chi connectivity index (χ3v) is 6.70. The zero-order valence-electron chi connectivity index (χ0n) is 12.9. The maximum atomic E-state index is 6.93. The first kappa shape index (κ1) is 12.8. The van der Waals surface area contributed by atoms with Gasteiger partial charge in [-0.3, -0.25) is 0 Å². The number of nitrogens with two attached hydrogens (primary N) is 1. The van der Waals surface area contributed by atoms with E-state index >= 15 is 0 Å². The molecule has 4 aliphatic rings. The smallest absolute Gasteiger partial charge is 0.153 e. The van der Waals surface area contributed by atoms with E-state index in [1.165, 1.54) is 38.5 Å². The molecule has 2 N–H and O–H groups in total. The molecule has 4 aliphatic carbocycles. The standard InChI is InChI=1S/C16H26N4/c1-10-18-19-14(20(10)3)15(2,17)16-7-11-4-12(8-16)6-13(5-11)9-16/h11-13H,4-9,17H2,1-3H3. The van der Waals surface area contributed by atoms with Crippen LogP contribution in [-0.2, 0) is 12.6 Å². The quantitative estimate of drug-likeness (QED) is 0.901. The van der Waals surface area contributed by atoms with Crippen molar-refractivity contribution in [3.8, 4) is 0 Å². The van der Waals surface area contributed by atoms with Crippen molar-refractivity contribution in [3.63, 3.8) is 0 Å². The number of hydrogen-bond acceptors (Lipinski definition) is 3. The van der Waals surface area contributed by atoms with Crippen molar-refractivity contribution in [1.29, 1.82) is 0 Å². The Morgan fingerprint density at radius 3 is 2.00 bits per heavy atom. The van der Waals surface area contributed by atoms with Gasteiger partial charge < -0.3 is 10.3 Å². The SMILES string of the molecule is Cc1nnc(C(C)(N)C23CC4CC(CC(C4)C2)C3)n1C. The molecule has 0 radical (unpaired) electrons. The van der Waals surface area contributed by atoms with Crippen LogP contribution in [-0.4, -0.2) is 14.8 Å². The van der Waals surface area contributed by atoms with Crippen molar-refractivity contribution in [1.82, 2.24) is 14.8 Å². The van der Waals surface area contributed by atoms with Crippen molar-refractivity contribution in [2.75, 3.05) is 0 Å². The number of aromatic nitrogens is 3. The van der Waals surface area contributed by atoms with Crippen LogP contribution in [0.3, 0.4) is 0 Å². The molecule has 1 aromatic rings. The Labute approximate surface area is 121 Å². The summed E-state index contributed by atoms with van der Waals surface area (Å²) in [5, 5.41) is 8.68. The summed E-state index contributed by atoms with van der Waals surface area (Å²) in [5.74, 6) is 4.69. The summed E-state index contributed by atoms with van der Waals surface area (Å²) >= 11 is 0. The van der Waals surface area contributed by atoms with E-state index in [1.54, 1.807) is 0 Å². The first-order chi connectivity index (χ1) is 9.41. The van der Waals surface area contributed by atoms with E-state index in [9.17, 15) is 0 Å². The first-order valence-corrected chi connectivity index (χ1v) is 8.07. The predicted molar refractivity (Wildman–Crippen MR) is 77.9 cm³/mol. The fourth-order valence-corrected chi connectivity index (χ4v) is 5.84. The van der Waals surface area contributed by atoms with Crippen molar-refractivity contribution in [2.24, 2.45) is 36.0 Å². The third-order valence-electron chi connectivity index (χ3n) is 6.70. The van der Waals surface area contributed by atoms with Gasteiger partial charge >= 0.3 is 0 Å². The van der Waals surface area contributed by atoms with E-state index in [-0.39, 0.29) is 11.0 Å². The minimum atomic E-state index is -0.348. The zero-order valence-corrected chi connectivity index (χ0v) is 12.9. The maximum absolute atomic E-state index is 6.93. The monoisotopic (exact) mass is 274 g/mol. The Balaban J connectivity index is 1.77. The van der Waals surface area contributed by atoms with Gasteiger partial charge in [-0.1, -0.05) is 0 Å². The molecule has 4 nitrogen and oxygen atoms in total. The van der Waals surface area contributed by atoms with E-state index in [1.807, 2.05) is 6.92 Å². The van der Waals surface area contributed by atoms with Gasteiger partial charge in [0.15, 0.2) is 5.82 Å². The van der Waals surface area contributed by atoms with Gasteiger partial charge in [-0.25, -0.2) is 0 Å². The highest BCUT2D eigenvalue weighted by atomic mass is 15.3. The van der Waals surface area contributed by atoms with E-state index in [2.05, 4.69) is 28.7 Å². The van der Waals surface area contributed by atoms with Gasteiger partial charge in [0.25, 0.3) is 0 Å². The summed E-state index contributed by atoms with van der Waals surface area (Å²) in [4.78, 5) is 0. The molecule has 4 heteroatoms. The molecule has 0 aromatic carbocycles. The summed E-state index contributed by atoms with van der Waals surface area (Å²) in [5.41, 5.74) is 6.84. The van der Waals surface area contributed by atoms with Crippen molar-refractivity contribution >= 4 is 0 Å². The molecule has 110 valence electrons. The van der Waals surface area contributed by atoms with Crippen LogP contribution < -0.4 is 5.73 Å². The predicted octanol–water partition coefficient (Wildman–Crippen LogP) is 2.51. The van der Waals surface area contributed by atoms with Crippen LogP contribution in [0.2, 0.25) is 0 Å². The molecular weight excluding hydrogens is 248 g/mol. The molecule has 0 saturated heterocycles. The van der Waals surface area contributed by atoms with E-state index in [0.29, 0.717) is 0 Å². The van der Waals surface area contributed by atoms with Crippen LogP contribution in [0.5, 0.6) is 0 Å². The van der Waals surface area contributed by atoms with Crippen molar-refractivity contribution < 1.29 is 0 Å². The van der Waals surface area contributed by atoms with Gasteiger partial charge in [-0.15, -0.1) is 10.2 Å². The van der Waals surface area contributed by atoms with Crippen LogP contribution in [0.1, 0.15) is 57.1 Å². The highest BCUT2D eigenvalue weighted by Crippen LogP contribution is 2.64. The van der Waals surface area contributed by atoms with E-state index < -0.39 is 0 Å². The average molecular weight is 274 g/mol. The minimum absolute atomic E-state index is 0.259. The van der Waals surface area contributed by atoms with Crippen LogP contribution in [0.4, 0.5) is 0 Å². The fourth-order valence-electron chi connectivity index (χ4n) is 5.84. The Hall–Kier alpha value is -0.900. The van der Waals surface area contributed by atoms with Crippen LogP contribution in [0, 0.1) is 30.1 Å². The molecule has 5 rings (SSSR count). The number of nitrogens with zero attached hydrogens (tertiary/aromatic N) is 3. The minimum Gasteiger partial charge on any atom is -0.319 e. The highest BCUT2D eigenvalue weighted by molar-refractivity contribution is 5.18. The molecule has 4 saturated carbocycles. The summed E-state index contributed by atoms with van der Waals surface area (Å²) in [6.45, 7) is 4.22. The molecule has 0 aliphatic heterocycles. The molecule has 1 aromatic heterocycles. The van der Waals surface area contributed by atoms with Crippen molar-refractivity contribution in [3.05, 3.63) is 11.6 Å². The van der Waals surface area contributed by atoms with Gasteiger partial charge in [-0.05, 0) is 75.5 Å². The molecule has 20 heavy (non-hydrogen) atoms.